The first-order chi connectivity index (χ1) is 4.96. The average Bonchev–Trinajstić information content (AvgIpc) is 1.79. The molecule has 2 N–H and O–H groups in total. The minimum Gasteiger partial charge on any atom is -0.481 e. The molecule has 0 unspecified atom stereocenters. The fourth-order valence-corrected chi connectivity index (χ4v) is 1.44. The summed E-state index contributed by atoms with van der Waals surface area (Å²) in [6, 6.07) is 0. The zero-order chi connectivity index (χ0) is 8.65. The summed E-state index contributed by atoms with van der Waals surface area (Å²) in [5, 5.41) is 18.2. The molecule has 0 aliphatic heterocycles. The third kappa shape index (κ3) is 1.38. The van der Waals surface area contributed by atoms with Gasteiger partial charge in [0.05, 0.1) is 11.5 Å². The van der Waals surface area contributed by atoms with Crippen LogP contribution in [0.2, 0.25) is 0 Å². The molecule has 64 valence electrons. The molecule has 0 spiro atoms. The van der Waals surface area contributed by atoms with Gasteiger partial charge in [0.1, 0.15) is 0 Å². The molecule has 11 heavy (non-hydrogen) atoms. The number of rotatable bonds is 2. The summed E-state index contributed by atoms with van der Waals surface area (Å²) in [6.07, 6.45) is 0.833. The summed E-state index contributed by atoms with van der Waals surface area (Å²) in [7, 11) is 0. The molecular formula is C8H14O3. The van der Waals surface area contributed by atoms with E-state index in [1.165, 1.54) is 0 Å². The van der Waals surface area contributed by atoms with Crippen LogP contribution in [0, 0.1) is 11.8 Å². The Morgan fingerprint density at radius 1 is 1.55 bits per heavy atom. The lowest BCUT2D eigenvalue weighted by atomic mass is 9.65. The quantitative estimate of drug-likeness (QED) is 0.627. The molecule has 0 saturated heterocycles. The van der Waals surface area contributed by atoms with Gasteiger partial charge < -0.3 is 10.2 Å². The molecule has 0 radical (unpaired) electrons. The van der Waals surface area contributed by atoms with Crippen molar-refractivity contribution in [1.82, 2.24) is 0 Å². The highest BCUT2D eigenvalue weighted by Crippen LogP contribution is 2.42. The molecule has 0 aromatic heterocycles. The molecule has 0 atom stereocenters. The first kappa shape index (κ1) is 8.53. The number of carboxylic acid groups (broad SMARTS) is 1. The van der Waals surface area contributed by atoms with E-state index in [0.29, 0.717) is 12.8 Å². The number of aliphatic hydroxyl groups is 1. The van der Waals surface area contributed by atoms with E-state index in [-0.39, 0.29) is 11.8 Å². The molecule has 1 aliphatic rings. The lowest BCUT2D eigenvalue weighted by molar-refractivity contribution is -0.164. The maximum Gasteiger partial charge on any atom is 0.306 e. The van der Waals surface area contributed by atoms with Crippen LogP contribution in [0.25, 0.3) is 0 Å². The van der Waals surface area contributed by atoms with Crippen LogP contribution in [-0.4, -0.2) is 21.8 Å². The van der Waals surface area contributed by atoms with Crippen LogP contribution in [-0.2, 0) is 4.79 Å². The third-order valence-corrected chi connectivity index (χ3v) is 2.62. The maximum absolute atomic E-state index is 10.4. The molecule has 0 heterocycles. The minimum absolute atomic E-state index is 0.165. The third-order valence-electron chi connectivity index (χ3n) is 2.62. The van der Waals surface area contributed by atoms with Gasteiger partial charge in [-0.05, 0) is 18.8 Å². The van der Waals surface area contributed by atoms with Gasteiger partial charge in [0.25, 0.3) is 0 Å². The van der Waals surface area contributed by atoms with Crippen molar-refractivity contribution in [2.45, 2.75) is 32.3 Å². The van der Waals surface area contributed by atoms with E-state index in [4.69, 9.17) is 5.11 Å². The Hall–Kier alpha value is -0.570. The van der Waals surface area contributed by atoms with E-state index < -0.39 is 11.6 Å². The van der Waals surface area contributed by atoms with Crippen LogP contribution in [0.1, 0.15) is 26.7 Å². The molecule has 0 bridgehead atoms. The van der Waals surface area contributed by atoms with E-state index >= 15 is 0 Å². The summed E-state index contributed by atoms with van der Waals surface area (Å²) < 4.78 is 0. The predicted molar refractivity (Wildman–Crippen MR) is 40.1 cm³/mol. The van der Waals surface area contributed by atoms with Crippen molar-refractivity contribution in [1.29, 1.82) is 0 Å². The maximum atomic E-state index is 10.4. The van der Waals surface area contributed by atoms with Gasteiger partial charge in [-0.15, -0.1) is 0 Å². The number of hydrogen-bond donors (Lipinski definition) is 2. The van der Waals surface area contributed by atoms with Gasteiger partial charge in [-0.2, -0.15) is 0 Å². The van der Waals surface area contributed by atoms with Gasteiger partial charge in [-0.1, -0.05) is 13.8 Å². The molecule has 0 aromatic rings. The van der Waals surface area contributed by atoms with Gasteiger partial charge >= 0.3 is 5.97 Å². The second kappa shape index (κ2) is 2.48. The Morgan fingerprint density at radius 3 is 2.27 bits per heavy atom. The largest absolute Gasteiger partial charge is 0.481 e. The molecule has 3 nitrogen and oxygen atoms in total. The van der Waals surface area contributed by atoms with Crippen molar-refractivity contribution in [2.75, 3.05) is 0 Å². The Kier molecular flexibility index (Phi) is 1.92. The van der Waals surface area contributed by atoms with Crippen LogP contribution in [0.15, 0.2) is 0 Å². The number of carboxylic acids is 1. The monoisotopic (exact) mass is 158 g/mol. The highest BCUT2D eigenvalue weighted by molar-refractivity contribution is 5.71. The van der Waals surface area contributed by atoms with E-state index in [1.807, 2.05) is 13.8 Å². The first-order valence-corrected chi connectivity index (χ1v) is 3.91. The summed E-state index contributed by atoms with van der Waals surface area (Å²) in [5.41, 5.74) is -0.705. The molecular weight excluding hydrogens is 144 g/mol. The normalized spacial score (nSPS) is 36.9. The van der Waals surface area contributed by atoms with Crippen molar-refractivity contribution < 1.29 is 15.0 Å². The van der Waals surface area contributed by atoms with Gasteiger partial charge in [0.2, 0.25) is 0 Å². The first-order valence-electron chi connectivity index (χ1n) is 3.91. The Bertz CT molecular complexity index is 168. The number of aliphatic carboxylic acids is 1. The summed E-state index contributed by atoms with van der Waals surface area (Å²) >= 11 is 0. The average molecular weight is 158 g/mol. The van der Waals surface area contributed by atoms with Crippen molar-refractivity contribution in [2.24, 2.45) is 11.8 Å². The molecule has 1 rings (SSSR count). The van der Waals surface area contributed by atoms with Crippen LogP contribution in [0.5, 0.6) is 0 Å². The lowest BCUT2D eigenvalue weighted by Gasteiger charge is -2.44. The van der Waals surface area contributed by atoms with E-state index in [0.717, 1.165) is 0 Å². The lowest BCUT2D eigenvalue weighted by Crippen LogP contribution is -2.50. The van der Waals surface area contributed by atoms with Gasteiger partial charge in [-0.3, -0.25) is 4.79 Å². The topological polar surface area (TPSA) is 57.5 Å². The van der Waals surface area contributed by atoms with E-state index in [9.17, 15) is 9.90 Å². The summed E-state index contributed by atoms with van der Waals surface area (Å²) in [6.45, 7) is 3.83. The van der Waals surface area contributed by atoms with Crippen molar-refractivity contribution in [3.8, 4) is 0 Å². The zero-order valence-corrected chi connectivity index (χ0v) is 6.87. The van der Waals surface area contributed by atoms with E-state index in [1.54, 1.807) is 0 Å². The van der Waals surface area contributed by atoms with Gasteiger partial charge in [-0.25, -0.2) is 0 Å². The van der Waals surface area contributed by atoms with Crippen LogP contribution >= 0.6 is 0 Å². The summed E-state index contributed by atoms with van der Waals surface area (Å²) in [5.74, 6) is -0.934. The number of carbonyl (C=O) groups is 1. The van der Waals surface area contributed by atoms with E-state index in [2.05, 4.69) is 0 Å². The van der Waals surface area contributed by atoms with Crippen molar-refractivity contribution in [3.05, 3.63) is 0 Å². The molecule has 1 fully saturated rings. The second-order valence-electron chi connectivity index (χ2n) is 3.70. The summed E-state index contributed by atoms with van der Waals surface area (Å²) in [4.78, 5) is 10.4. The highest BCUT2D eigenvalue weighted by Gasteiger charge is 2.47. The van der Waals surface area contributed by atoms with Crippen LogP contribution < -0.4 is 0 Å². The Labute approximate surface area is 66.0 Å². The smallest absolute Gasteiger partial charge is 0.306 e. The van der Waals surface area contributed by atoms with Crippen molar-refractivity contribution in [3.63, 3.8) is 0 Å². The fourth-order valence-electron chi connectivity index (χ4n) is 1.44. The standard InChI is InChI=1S/C8H14O3/c1-5(2)8(11)3-6(4-8)7(9)10/h5-6,11H,3-4H2,1-2H3,(H,9,10). The zero-order valence-electron chi connectivity index (χ0n) is 6.87. The Morgan fingerprint density at radius 2 is 2.00 bits per heavy atom. The predicted octanol–water partition coefficient (Wildman–Crippen LogP) is 0.868. The molecule has 0 amide bonds. The molecule has 0 aromatic carbocycles. The minimum atomic E-state index is -0.782. The van der Waals surface area contributed by atoms with Gasteiger partial charge in [0, 0.05) is 0 Å². The highest BCUT2D eigenvalue weighted by atomic mass is 16.4. The fraction of sp³-hybridized carbons (Fsp3) is 0.875. The SMILES string of the molecule is CC(C)C1(O)CC(C(=O)O)C1. The molecule has 3 heteroatoms. The molecule has 1 saturated carbocycles. The van der Waals surface area contributed by atoms with Gasteiger partial charge in [0.15, 0.2) is 0 Å². The second-order valence-corrected chi connectivity index (χ2v) is 3.70. The Balaban J connectivity index is 2.44. The van der Waals surface area contributed by atoms with Crippen LogP contribution in [0.3, 0.4) is 0 Å². The van der Waals surface area contributed by atoms with Crippen LogP contribution in [0.4, 0.5) is 0 Å². The number of hydrogen-bond acceptors (Lipinski definition) is 2. The molecule has 1 aliphatic carbocycles. The van der Waals surface area contributed by atoms with Crippen molar-refractivity contribution >= 4 is 5.97 Å².